The van der Waals surface area contributed by atoms with Gasteiger partial charge < -0.3 is 9.84 Å². The number of hydrogen-bond acceptors (Lipinski definition) is 2. The summed E-state index contributed by atoms with van der Waals surface area (Å²) in [5.74, 6) is -0.784. The molecule has 1 aliphatic rings. The van der Waals surface area contributed by atoms with Gasteiger partial charge in [-0.05, 0) is 43.0 Å². The van der Waals surface area contributed by atoms with Gasteiger partial charge in [-0.25, -0.2) is 4.39 Å². The zero-order valence-electron chi connectivity index (χ0n) is 10.1. The van der Waals surface area contributed by atoms with E-state index in [9.17, 15) is 9.18 Å². The Morgan fingerprint density at radius 1 is 1.50 bits per heavy atom. The molecule has 0 radical (unpaired) electrons. The average Bonchev–Trinajstić information content (AvgIpc) is 2.39. The van der Waals surface area contributed by atoms with Crippen LogP contribution in [0.3, 0.4) is 0 Å². The molecular formula is C14H15FO3. The first-order chi connectivity index (χ1) is 8.61. The maximum Gasteiger partial charge on any atom is 0.306 e. The molecular weight excluding hydrogens is 235 g/mol. The van der Waals surface area contributed by atoms with Crippen molar-refractivity contribution in [2.75, 3.05) is 7.11 Å². The predicted octanol–water partition coefficient (Wildman–Crippen LogP) is 3.10. The summed E-state index contributed by atoms with van der Waals surface area (Å²) in [5, 5.41) is 8.93. The van der Waals surface area contributed by atoms with Crippen LogP contribution in [0.1, 0.15) is 24.8 Å². The predicted molar refractivity (Wildman–Crippen MR) is 65.9 cm³/mol. The Balaban J connectivity index is 2.27. The van der Waals surface area contributed by atoms with E-state index in [1.807, 2.05) is 6.08 Å². The summed E-state index contributed by atoms with van der Waals surface area (Å²) in [4.78, 5) is 10.9. The number of allylic oxidation sites excluding steroid dienone is 2. The fraction of sp³-hybridized carbons (Fsp3) is 0.357. The number of hydrogen-bond donors (Lipinski definition) is 1. The fourth-order valence-electron chi connectivity index (χ4n) is 2.23. The van der Waals surface area contributed by atoms with Gasteiger partial charge in [0.1, 0.15) is 11.6 Å². The van der Waals surface area contributed by atoms with Crippen LogP contribution in [-0.4, -0.2) is 18.2 Å². The van der Waals surface area contributed by atoms with E-state index in [4.69, 9.17) is 9.84 Å². The number of halogens is 1. The lowest BCUT2D eigenvalue weighted by Gasteiger charge is -2.20. The molecule has 2 rings (SSSR count). The number of ether oxygens (including phenoxy) is 1. The van der Waals surface area contributed by atoms with Crippen LogP contribution in [-0.2, 0) is 4.79 Å². The van der Waals surface area contributed by atoms with Gasteiger partial charge >= 0.3 is 5.97 Å². The quantitative estimate of drug-likeness (QED) is 0.896. The van der Waals surface area contributed by atoms with E-state index in [0.29, 0.717) is 25.0 Å². The van der Waals surface area contributed by atoms with Crippen molar-refractivity contribution >= 4 is 11.5 Å². The van der Waals surface area contributed by atoms with Gasteiger partial charge in [0.15, 0.2) is 0 Å². The van der Waals surface area contributed by atoms with Gasteiger partial charge in [0, 0.05) is 5.56 Å². The zero-order chi connectivity index (χ0) is 13.1. The number of carboxylic acid groups (broad SMARTS) is 1. The van der Waals surface area contributed by atoms with Crippen LogP contribution in [0, 0.1) is 11.7 Å². The van der Waals surface area contributed by atoms with Gasteiger partial charge in [-0.15, -0.1) is 0 Å². The van der Waals surface area contributed by atoms with Gasteiger partial charge in [0.05, 0.1) is 13.0 Å². The molecule has 1 aromatic carbocycles. The number of benzene rings is 1. The van der Waals surface area contributed by atoms with E-state index in [0.717, 1.165) is 11.1 Å². The highest BCUT2D eigenvalue weighted by atomic mass is 19.1. The molecule has 3 nitrogen and oxygen atoms in total. The summed E-state index contributed by atoms with van der Waals surface area (Å²) >= 11 is 0. The van der Waals surface area contributed by atoms with Crippen molar-refractivity contribution in [3.63, 3.8) is 0 Å². The third kappa shape index (κ3) is 2.53. The van der Waals surface area contributed by atoms with E-state index in [1.165, 1.54) is 12.1 Å². The monoisotopic (exact) mass is 250 g/mol. The van der Waals surface area contributed by atoms with E-state index in [1.54, 1.807) is 13.2 Å². The van der Waals surface area contributed by atoms with Crippen LogP contribution in [0.5, 0.6) is 5.75 Å². The van der Waals surface area contributed by atoms with Crippen LogP contribution in [0.25, 0.3) is 5.57 Å². The normalized spacial score (nSPS) is 19.2. The first-order valence-electron chi connectivity index (χ1n) is 5.87. The van der Waals surface area contributed by atoms with E-state index in [-0.39, 0.29) is 11.7 Å². The molecule has 18 heavy (non-hydrogen) atoms. The Morgan fingerprint density at radius 3 is 2.83 bits per heavy atom. The molecule has 0 heterocycles. The van der Waals surface area contributed by atoms with Crippen molar-refractivity contribution < 1.29 is 19.0 Å². The summed E-state index contributed by atoms with van der Waals surface area (Å²) in [6.45, 7) is 0. The summed E-state index contributed by atoms with van der Waals surface area (Å²) in [7, 11) is 1.54. The van der Waals surface area contributed by atoms with Gasteiger partial charge in [0.2, 0.25) is 0 Å². The molecule has 1 N–H and O–H groups in total. The molecule has 0 amide bonds. The van der Waals surface area contributed by atoms with Crippen molar-refractivity contribution in [3.8, 4) is 5.75 Å². The number of aliphatic carboxylic acids is 1. The summed E-state index contributed by atoms with van der Waals surface area (Å²) in [6, 6.07) is 4.38. The second-order valence-electron chi connectivity index (χ2n) is 4.38. The minimum absolute atomic E-state index is 0.313. The second-order valence-corrected chi connectivity index (χ2v) is 4.38. The van der Waals surface area contributed by atoms with Crippen molar-refractivity contribution in [3.05, 3.63) is 35.7 Å². The molecule has 0 aliphatic heterocycles. The lowest BCUT2D eigenvalue weighted by Crippen LogP contribution is -2.15. The summed E-state index contributed by atoms with van der Waals surface area (Å²) < 4.78 is 18.5. The molecule has 0 bridgehead atoms. The lowest BCUT2D eigenvalue weighted by molar-refractivity contribution is -0.141. The van der Waals surface area contributed by atoms with Gasteiger partial charge in [-0.3, -0.25) is 4.79 Å². The lowest BCUT2D eigenvalue weighted by atomic mass is 9.86. The highest BCUT2D eigenvalue weighted by molar-refractivity contribution is 5.75. The zero-order valence-corrected chi connectivity index (χ0v) is 10.1. The Morgan fingerprint density at radius 2 is 2.28 bits per heavy atom. The largest absolute Gasteiger partial charge is 0.496 e. The average molecular weight is 250 g/mol. The standard InChI is InChI=1S/C14H15FO3/c1-18-13-7-6-11(15)8-12(13)9-2-4-10(5-3-9)14(16)17/h2,6-8,10H,3-5H2,1H3,(H,16,17). The molecule has 0 saturated heterocycles. The van der Waals surface area contributed by atoms with Crippen molar-refractivity contribution in [1.82, 2.24) is 0 Å². The molecule has 0 saturated carbocycles. The Kier molecular flexibility index (Phi) is 3.65. The third-order valence-electron chi connectivity index (χ3n) is 3.27. The molecule has 0 spiro atoms. The third-order valence-corrected chi connectivity index (χ3v) is 3.27. The minimum atomic E-state index is -0.767. The topological polar surface area (TPSA) is 46.5 Å². The van der Waals surface area contributed by atoms with Gasteiger partial charge in [0.25, 0.3) is 0 Å². The van der Waals surface area contributed by atoms with E-state index in [2.05, 4.69) is 0 Å². The smallest absolute Gasteiger partial charge is 0.306 e. The first kappa shape index (κ1) is 12.6. The molecule has 1 aliphatic carbocycles. The van der Waals surface area contributed by atoms with Crippen molar-refractivity contribution in [2.24, 2.45) is 5.92 Å². The van der Waals surface area contributed by atoms with Crippen LogP contribution in [0.15, 0.2) is 24.3 Å². The molecule has 4 heteroatoms. The maximum atomic E-state index is 13.3. The highest BCUT2D eigenvalue weighted by Crippen LogP contribution is 2.35. The number of carboxylic acids is 1. The first-order valence-corrected chi connectivity index (χ1v) is 5.87. The molecule has 1 atom stereocenters. The minimum Gasteiger partial charge on any atom is -0.496 e. The van der Waals surface area contributed by atoms with Gasteiger partial charge in [-0.2, -0.15) is 0 Å². The Bertz CT molecular complexity index is 494. The SMILES string of the molecule is COc1ccc(F)cc1C1=CCC(C(=O)O)CC1. The number of methoxy groups -OCH3 is 1. The molecule has 96 valence electrons. The molecule has 1 unspecified atom stereocenters. The highest BCUT2D eigenvalue weighted by Gasteiger charge is 2.22. The van der Waals surface area contributed by atoms with Gasteiger partial charge in [-0.1, -0.05) is 6.08 Å². The summed E-state index contributed by atoms with van der Waals surface area (Å²) in [5.41, 5.74) is 1.69. The number of carbonyl (C=O) groups is 1. The second kappa shape index (κ2) is 5.21. The van der Waals surface area contributed by atoms with Crippen molar-refractivity contribution in [1.29, 1.82) is 0 Å². The number of rotatable bonds is 3. The Hall–Kier alpha value is -1.84. The fourth-order valence-corrected chi connectivity index (χ4v) is 2.23. The molecule has 0 aromatic heterocycles. The van der Waals surface area contributed by atoms with Crippen LogP contribution >= 0.6 is 0 Å². The Labute approximate surface area is 105 Å². The van der Waals surface area contributed by atoms with Crippen LogP contribution in [0.4, 0.5) is 4.39 Å². The molecule has 0 fully saturated rings. The van der Waals surface area contributed by atoms with E-state index < -0.39 is 5.97 Å². The van der Waals surface area contributed by atoms with Crippen molar-refractivity contribution in [2.45, 2.75) is 19.3 Å². The van der Waals surface area contributed by atoms with Crippen LogP contribution < -0.4 is 4.74 Å². The molecule has 1 aromatic rings. The van der Waals surface area contributed by atoms with Crippen LogP contribution in [0.2, 0.25) is 0 Å². The summed E-state index contributed by atoms with van der Waals surface area (Å²) in [6.07, 6.45) is 3.58. The maximum absolute atomic E-state index is 13.3. The van der Waals surface area contributed by atoms with E-state index >= 15 is 0 Å².